The van der Waals surface area contributed by atoms with Crippen molar-refractivity contribution in [1.29, 1.82) is 0 Å². The molecule has 1 aromatic heterocycles. The third-order valence-electron chi connectivity index (χ3n) is 4.64. The van der Waals surface area contributed by atoms with Gasteiger partial charge in [-0.15, -0.1) is 0 Å². The molecule has 3 unspecified atom stereocenters. The molecule has 2 fully saturated rings. The highest BCUT2D eigenvalue weighted by molar-refractivity contribution is 7.07. The van der Waals surface area contributed by atoms with E-state index in [1.54, 1.807) is 11.3 Å². The van der Waals surface area contributed by atoms with E-state index in [4.69, 9.17) is 4.74 Å². The molecule has 3 heterocycles. The number of carbonyl (C=O) groups is 1. The van der Waals surface area contributed by atoms with Crippen molar-refractivity contribution >= 4 is 17.4 Å². The van der Waals surface area contributed by atoms with E-state index < -0.39 is 0 Å². The van der Waals surface area contributed by atoms with Crippen LogP contribution in [-0.4, -0.2) is 60.8 Å². The summed E-state index contributed by atoms with van der Waals surface area (Å²) in [6, 6.07) is 2.47. The molecule has 0 aromatic carbocycles. The summed E-state index contributed by atoms with van der Waals surface area (Å²) in [6.45, 7) is 8.56. The second-order valence-corrected chi connectivity index (χ2v) is 7.44. The lowest BCUT2D eigenvalue weighted by molar-refractivity contribution is -0.0672. The molecule has 3 atom stereocenters. The van der Waals surface area contributed by atoms with Gasteiger partial charge in [-0.1, -0.05) is 0 Å². The van der Waals surface area contributed by atoms with Crippen LogP contribution in [0.3, 0.4) is 0 Å². The second-order valence-electron chi connectivity index (χ2n) is 6.66. The Hall–Kier alpha value is -1.11. The molecule has 0 saturated carbocycles. The maximum Gasteiger partial charge on any atom is 0.317 e. The molecule has 1 N–H and O–H groups in total. The lowest BCUT2D eigenvalue weighted by Gasteiger charge is -2.35. The monoisotopic (exact) mass is 337 g/mol. The van der Waals surface area contributed by atoms with E-state index in [0.29, 0.717) is 6.54 Å². The van der Waals surface area contributed by atoms with Crippen LogP contribution >= 0.6 is 11.3 Å². The lowest BCUT2D eigenvalue weighted by atomic mass is 10.1. The first-order valence-corrected chi connectivity index (χ1v) is 9.52. The van der Waals surface area contributed by atoms with Crippen LogP contribution in [0.4, 0.5) is 4.79 Å². The first kappa shape index (κ1) is 16.7. The van der Waals surface area contributed by atoms with Crippen molar-refractivity contribution in [2.45, 2.75) is 44.9 Å². The molecule has 0 radical (unpaired) electrons. The zero-order valence-electron chi connectivity index (χ0n) is 14.0. The zero-order valence-corrected chi connectivity index (χ0v) is 14.8. The third-order valence-corrected chi connectivity index (χ3v) is 5.34. The Balaban J connectivity index is 1.46. The van der Waals surface area contributed by atoms with Crippen LogP contribution in [0.25, 0.3) is 0 Å². The van der Waals surface area contributed by atoms with Gasteiger partial charge in [0.2, 0.25) is 0 Å². The standard InChI is InChI=1S/C17H27N3O2S/c1-13-10-19(11-14(2)22-13)8-6-18-17(21)20-7-3-4-16(20)15-5-9-23-12-15/h5,9,12-14,16H,3-4,6-8,10-11H2,1-2H3,(H,18,21). The minimum absolute atomic E-state index is 0.0769. The number of hydrogen-bond donors (Lipinski definition) is 1. The van der Waals surface area contributed by atoms with E-state index in [-0.39, 0.29) is 24.3 Å². The van der Waals surface area contributed by atoms with Gasteiger partial charge in [0.25, 0.3) is 0 Å². The highest BCUT2D eigenvalue weighted by Gasteiger charge is 2.30. The van der Waals surface area contributed by atoms with E-state index in [1.165, 1.54) is 5.56 Å². The first-order chi connectivity index (χ1) is 11.1. The predicted molar refractivity (Wildman–Crippen MR) is 92.8 cm³/mol. The molecule has 2 amide bonds. The quantitative estimate of drug-likeness (QED) is 0.919. The number of morpholine rings is 1. The number of amides is 2. The second kappa shape index (κ2) is 7.64. The minimum atomic E-state index is 0.0769. The Morgan fingerprint density at radius 2 is 2.17 bits per heavy atom. The molecule has 23 heavy (non-hydrogen) atoms. The van der Waals surface area contributed by atoms with Gasteiger partial charge in [0, 0.05) is 32.7 Å². The largest absolute Gasteiger partial charge is 0.373 e. The van der Waals surface area contributed by atoms with Crippen LogP contribution in [0.15, 0.2) is 16.8 Å². The Bertz CT molecular complexity index is 498. The molecule has 3 rings (SSSR count). The van der Waals surface area contributed by atoms with Crippen LogP contribution in [0.2, 0.25) is 0 Å². The molecule has 1 aromatic rings. The maximum atomic E-state index is 12.5. The summed E-state index contributed by atoms with van der Waals surface area (Å²) >= 11 is 1.70. The van der Waals surface area contributed by atoms with Gasteiger partial charge in [-0.05, 0) is 49.1 Å². The molecule has 2 aliphatic rings. The van der Waals surface area contributed by atoms with Crippen molar-refractivity contribution in [3.05, 3.63) is 22.4 Å². The normalized spacial score (nSPS) is 29.0. The molecule has 6 heteroatoms. The molecule has 0 aliphatic carbocycles. The summed E-state index contributed by atoms with van der Waals surface area (Å²) < 4.78 is 5.74. The molecule has 2 saturated heterocycles. The summed E-state index contributed by atoms with van der Waals surface area (Å²) in [7, 11) is 0. The fourth-order valence-electron chi connectivity index (χ4n) is 3.71. The number of likely N-dealkylation sites (tertiary alicyclic amines) is 1. The molecular formula is C17H27N3O2S. The van der Waals surface area contributed by atoms with Crippen molar-refractivity contribution in [3.63, 3.8) is 0 Å². The van der Waals surface area contributed by atoms with Crippen LogP contribution in [0, 0.1) is 0 Å². The number of nitrogens with one attached hydrogen (secondary N) is 1. The van der Waals surface area contributed by atoms with Crippen molar-refractivity contribution < 1.29 is 9.53 Å². The summed E-state index contributed by atoms with van der Waals surface area (Å²) in [5.74, 6) is 0. The minimum Gasteiger partial charge on any atom is -0.373 e. The van der Waals surface area contributed by atoms with Gasteiger partial charge in [-0.3, -0.25) is 4.90 Å². The zero-order chi connectivity index (χ0) is 16.2. The van der Waals surface area contributed by atoms with E-state index >= 15 is 0 Å². The van der Waals surface area contributed by atoms with Crippen LogP contribution in [0.5, 0.6) is 0 Å². The molecule has 0 spiro atoms. The molecule has 0 bridgehead atoms. The summed E-state index contributed by atoms with van der Waals surface area (Å²) in [6.07, 6.45) is 2.71. The first-order valence-electron chi connectivity index (χ1n) is 8.58. The molecular weight excluding hydrogens is 310 g/mol. The van der Waals surface area contributed by atoms with Crippen LogP contribution in [-0.2, 0) is 4.74 Å². The fraction of sp³-hybridized carbons (Fsp3) is 0.706. The van der Waals surface area contributed by atoms with Crippen molar-refractivity contribution in [2.24, 2.45) is 0 Å². The van der Waals surface area contributed by atoms with Gasteiger partial charge >= 0.3 is 6.03 Å². The van der Waals surface area contributed by atoms with Gasteiger partial charge in [0.15, 0.2) is 0 Å². The smallest absolute Gasteiger partial charge is 0.317 e. The lowest BCUT2D eigenvalue weighted by Crippen LogP contribution is -2.49. The summed E-state index contributed by atoms with van der Waals surface area (Å²) in [5.41, 5.74) is 1.28. The fourth-order valence-corrected chi connectivity index (χ4v) is 4.42. The van der Waals surface area contributed by atoms with Gasteiger partial charge in [0.05, 0.1) is 18.2 Å². The van der Waals surface area contributed by atoms with Gasteiger partial charge < -0.3 is 15.0 Å². The maximum absolute atomic E-state index is 12.5. The third kappa shape index (κ3) is 4.25. The summed E-state index contributed by atoms with van der Waals surface area (Å²) in [4.78, 5) is 16.9. The van der Waals surface area contributed by atoms with Crippen molar-refractivity contribution in [1.82, 2.24) is 15.1 Å². The number of rotatable bonds is 4. The summed E-state index contributed by atoms with van der Waals surface area (Å²) in [5, 5.41) is 7.35. The number of hydrogen-bond acceptors (Lipinski definition) is 4. The Kier molecular flexibility index (Phi) is 5.56. The predicted octanol–water partition coefficient (Wildman–Crippen LogP) is 2.70. The van der Waals surface area contributed by atoms with E-state index in [1.807, 2.05) is 4.90 Å². The number of urea groups is 1. The van der Waals surface area contributed by atoms with E-state index in [0.717, 1.165) is 39.0 Å². The van der Waals surface area contributed by atoms with Gasteiger partial charge in [0.1, 0.15) is 0 Å². The number of ether oxygens (including phenoxy) is 1. The van der Waals surface area contributed by atoms with E-state index in [9.17, 15) is 4.79 Å². The molecule has 2 aliphatic heterocycles. The Labute approximate surface area is 142 Å². The van der Waals surface area contributed by atoms with E-state index in [2.05, 4.69) is 40.9 Å². The average Bonchev–Trinajstić information content (AvgIpc) is 3.17. The topological polar surface area (TPSA) is 44.8 Å². The van der Waals surface area contributed by atoms with Crippen LogP contribution in [0.1, 0.15) is 38.3 Å². The molecule has 128 valence electrons. The highest BCUT2D eigenvalue weighted by atomic mass is 32.1. The van der Waals surface area contributed by atoms with Gasteiger partial charge in [-0.25, -0.2) is 4.79 Å². The van der Waals surface area contributed by atoms with Crippen molar-refractivity contribution in [2.75, 3.05) is 32.7 Å². The number of thiophene rings is 1. The van der Waals surface area contributed by atoms with Gasteiger partial charge in [-0.2, -0.15) is 11.3 Å². The Morgan fingerprint density at radius 3 is 2.87 bits per heavy atom. The average molecular weight is 337 g/mol. The van der Waals surface area contributed by atoms with Crippen molar-refractivity contribution in [3.8, 4) is 0 Å². The number of nitrogens with zero attached hydrogens (tertiary/aromatic N) is 2. The number of carbonyl (C=O) groups excluding carboxylic acids is 1. The SMILES string of the molecule is CC1CN(CCNC(=O)N2CCCC2c2ccsc2)CC(C)O1. The molecule has 5 nitrogen and oxygen atoms in total. The highest BCUT2D eigenvalue weighted by Crippen LogP contribution is 2.32. The Morgan fingerprint density at radius 1 is 1.39 bits per heavy atom. The van der Waals surface area contributed by atoms with Crippen LogP contribution < -0.4 is 5.32 Å².